The second-order valence-electron chi connectivity index (χ2n) is 4.29. The van der Waals surface area contributed by atoms with Gasteiger partial charge in [-0.1, -0.05) is 24.3 Å². The number of hydrogen-bond donors (Lipinski definition) is 1. The van der Waals surface area contributed by atoms with Crippen LogP contribution in [0.5, 0.6) is 0 Å². The number of thioether (sulfide) groups is 1. The summed E-state index contributed by atoms with van der Waals surface area (Å²) in [5, 5.41) is 8.92. The molecule has 0 saturated carbocycles. The molecule has 1 aromatic rings. The molecule has 0 aromatic heterocycles. The van der Waals surface area contributed by atoms with E-state index in [-0.39, 0.29) is 0 Å². The van der Waals surface area contributed by atoms with E-state index in [0.717, 1.165) is 11.1 Å². The van der Waals surface area contributed by atoms with Gasteiger partial charge in [-0.25, -0.2) is 0 Å². The molecule has 1 saturated heterocycles. The second-order valence-corrected chi connectivity index (χ2v) is 5.51. The van der Waals surface area contributed by atoms with E-state index >= 15 is 0 Å². The van der Waals surface area contributed by atoms with Crippen molar-refractivity contribution in [2.75, 3.05) is 5.75 Å². The number of rotatable bonds is 3. The fourth-order valence-corrected chi connectivity index (χ4v) is 2.90. The highest BCUT2D eigenvalue weighted by molar-refractivity contribution is 8.03. The fourth-order valence-electron chi connectivity index (χ4n) is 1.85. The number of carboxylic acid groups (broad SMARTS) is 1. The van der Waals surface area contributed by atoms with Gasteiger partial charge in [-0.2, -0.15) is 0 Å². The van der Waals surface area contributed by atoms with Gasteiger partial charge in [0.2, 0.25) is 0 Å². The molecule has 0 radical (unpaired) electrons. The van der Waals surface area contributed by atoms with Gasteiger partial charge in [0.1, 0.15) is 0 Å². The van der Waals surface area contributed by atoms with E-state index in [2.05, 4.69) is 6.08 Å². The van der Waals surface area contributed by atoms with E-state index in [4.69, 9.17) is 5.11 Å². The summed E-state index contributed by atoms with van der Waals surface area (Å²) < 4.78 is 0. The Labute approximate surface area is 106 Å². The standard InChI is InChI=1S/C14H16O2S/c1-10(14(15)16)12-6-4-11(5-7-12)9-13-3-2-8-17-13/h4-7,9-10H,2-3,8H2,1H3,(H,15,16). The van der Waals surface area contributed by atoms with Gasteiger partial charge in [0.15, 0.2) is 0 Å². The highest BCUT2D eigenvalue weighted by Crippen LogP contribution is 2.32. The average molecular weight is 248 g/mol. The monoisotopic (exact) mass is 248 g/mol. The van der Waals surface area contributed by atoms with E-state index in [1.54, 1.807) is 6.92 Å². The van der Waals surface area contributed by atoms with Gasteiger partial charge >= 0.3 is 5.97 Å². The van der Waals surface area contributed by atoms with Gasteiger partial charge in [-0.3, -0.25) is 4.79 Å². The lowest BCUT2D eigenvalue weighted by atomic mass is 10.00. The topological polar surface area (TPSA) is 37.3 Å². The molecule has 0 amide bonds. The van der Waals surface area contributed by atoms with Gasteiger partial charge in [0.05, 0.1) is 5.92 Å². The van der Waals surface area contributed by atoms with E-state index in [1.807, 2.05) is 36.0 Å². The van der Waals surface area contributed by atoms with Crippen LogP contribution < -0.4 is 0 Å². The highest BCUT2D eigenvalue weighted by Gasteiger charge is 2.13. The van der Waals surface area contributed by atoms with Crippen molar-refractivity contribution in [3.63, 3.8) is 0 Å². The minimum absolute atomic E-state index is 0.433. The Balaban J connectivity index is 2.12. The van der Waals surface area contributed by atoms with E-state index < -0.39 is 11.9 Å². The van der Waals surface area contributed by atoms with E-state index in [0.29, 0.717) is 0 Å². The Morgan fingerprint density at radius 3 is 2.65 bits per heavy atom. The van der Waals surface area contributed by atoms with Crippen molar-refractivity contribution >= 4 is 23.8 Å². The Morgan fingerprint density at radius 2 is 2.12 bits per heavy atom. The lowest BCUT2D eigenvalue weighted by molar-refractivity contribution is -0.138. The molecule has 0 aliphatic carbocycles. The summed E-state index contributed by atoms with van der Waals surface area (Å²) in [6.45, 7) is 1.71. The number of carboxylic acids is 1. The molecule has 90 valence electrons. The molecule has 0 bridgehead atoms. The molecule has 1 aliphatic rings. The van der Waals surface area contributed by atoms with Crippen molar-refractivity contribution in [2.24, 2.45) is 0 Å². The molecule has 1 aliphatic heterocycles. The summed E-state index contributed by atoms with van der Waals surface area (Å²) in [4.78, 5) is 12.3. The third-order valence-electron chi connectivity index (χ3n) is 2.99. The summed E-state index contributed by atoms with van der Waals surface area (Å²) in [5.41, 5.74) is 2.02. The Morgan fingerprint density at radius 1 is 1.41 bits per heavy atom. The average Bonchev–Trinajstić information content (AvgIpc) is 2.82. The van der Waals surface area contributed by atoms with Crippen LogP contribution in [0.1, 0.15) is 36.8 Å². The maximum Gasteiger partial charge on any atom is 0.310 e. The first-order valence-corrected chi connectivity index (χ1v) is 6.81. The summed E-state index contributed by atoms with van der Waals surface area (Å²) in [7, 11) is 0. The maximum absolute atomic E-state index is 10.8. The van der Waals surface area contributed by atoms with Crippen LogP contribution in [-0.4, -0.2) is 16.8 Å². The largest absolute Gasteiger partial charge is 0.481 e. The maximum atomic E-state index is 10.8. The lowest BCUT2D eigenvalue weighted by Crippen LogP contribution is -2.06. The zero-order valence-electron chi connectivity index (χ0n) is 9.85. The Bertz CT molecular complexity index is 426. The van der Waals surface area contributed by atoms with Crippen molar-refractivity contribution in [1.29, 1.82) is 0 Å². The molecule has 17 heavy (non-hydrogen) atoms. The molecule has 1 aromatic carbocycles. The van der Waals surface area contributed by atoms with Crippen molar-refractivity contribution in [3.05, 3.63) is 40.3 Å². The zero-order chi connectivity index (χ0) is 12.3. The first kappa shape index (κ1) is 12.2. The van der Waals surface area contributed by atoms with E-state index in [1.165, 1.54) is 23.5 Å². The molecule has 2 nitrogen and oxygen atoms in total. The molecule has 0 spiro atoms. The third-order valence-corrected chi connectivity index (χ3v) is 4.18. The van der Waals surface area contributed by atoms with Crippen LogP contribution >= 0.6 is 11.8 Å². The van der Waals surface area contributed by atoms with Crippen LogP contribution in [0.4, 0.5) is 0 Å². The van der Waals surface area contributed by atoms with Crippen molar-refractivity contribution in [3.8, 4) is 0 Å². The van der Waals surface area contributed by atoms with Crippen LogP contribution in [0.3, 0.4) is 0 Å². The Kier molecular flexibility index (Phi) is 3.89. The van der Waals surface area contributed by atoms with Gasteiger partial charge in [-0.15, -0.1) is 11.8 Å². The number of hydrogen-bond acceptors (Lipinski definition) is 2. The minimum Gasteiger partial charge on any atom is -0.481 e. The quantitative estimate of drug-likeness (QED) is 0.885. The molecule has 1 fully saturated rings. The van der Waals surface area contributed by atoms with E-state index in [9.17, 15) is 4.79 Å². The van der Waals surface area contributed by atoms with Gasteiger partial charge in [-0.05, 0) is 47.6 Å². The van der Waals surface area contributed by atoms with Crippen LogP contribution in [-0.2, 0) is 4.79 Å². The summed E-state index contributed by atoms with van der Waals surface area (Å²) in [6, 6.07) is 7.82. The molecule has 1 N–H and O–H groups in total. The minimum atomic E-state index is -0.776. The summed E-state index contributed by atoms with van der Waals surface area (Å²) >= 11 is 1.92. The van der Waals surface area contributed by atoms with Crippen LogP contribution in [0.15, 0.2) is 29.2 Å². The number of allylic oxidation sites excluding steroid dienone is 1. The SMILES string of the molecule is CC(C(=O)O)c1ccc(C=C2CCCS2)cc1. The molecule has 3 heteroatoms. The molecular formula is C14H16O2S. The fraction of sp³-hybridized carbons (Fsp3) is 0.357. The number of benzene rings is 1. The van der Waals surface area contributed by atoms with Crippen molar-refractivity contribution in [1.82, 2.24) is 0 Å². The molecule has 1 heterocycles. The number of carbonyl (C=O) groups is 1. The first-order valence-electron chi connectivity index (χ1n) is 5.83. The normalized spacial score (nSPS) is 19.5. The highest BCUT2D eigenvalue weighted by atomic mass is 32.2. The first-order chi connectivity index (χ1) is 8.16. The molecule has 1 atom stereocenters. The molecule has 1 unspecified atom stereocenters. The summed E-state index contributed by atoms with van der Waals surface area (Å²) in [5.74, 6) is 0.0139. The number of aliphatic carboxylic acids is 1. The smallest absolute Gasteiger partial charge is 0.310 e. The Hall–Kier alpha value is -1.22. The van der Waals surface area contributed by atoms with Gasteiger partial charge in [0, 0.05) is 0 Å². The molecular weight excluding hydrogens is 232 g/mol. The third kappa shape index (κ3) is 3.13. The zero-order valence-corrected chi connectivity index (χ0v) is 10.7. The van der Waals surface area contributed by atoms with Gasteiger partial charge in [0.25, 0.3) is 0 Å². The summed E-state index contributed by atoms with van der Waals surface area (Å²) in [6.07, 6.45) is 4.65. The van der Waals surface area contributed by atoms with Crippen LogP contribution in [0, 0.1) is 0 Å². The van der Waals surface area contributed by atoms with Crippen LogP contribution in [0.25, 0.3) is 6.08 Å². The van der Waals surface area contributed by atoms with Crippen molar-refractivity contribution < 1.29 is 9.90 Å². The predicted octanol–water partition coefficient (Wildman–Crippen LogP) is 3.74. The van der Waals surface area contributed by atoms with Crippen LogP contribution in [0.2, 0.25) is 0 Å². The second kappa shape index (κ2) is 5.41. The predicted molar refractivity (Wildman–Crippen MR) is 72.2 cm³/mol. The van der Waals surface area contributed by atoms with Crippen molar-refractivity contribution in [2.45, 2.75) is 25.7 Å². The lowest BCUT2D eigenvalue weighted by Gasteiger charge is -2.06. The van der Waals surface area contributed by atoms with Gasteiger partial charge < -0.3 is 5.11 Å². The molecule has 2 rings (SSSR count).